The van der Waals surface area contributed by atoms with Crippen LogP contribution < -0.4 is 5.32 Å². The number of hydrogen-bond acceptors (Lipinski definition) is 5. The molecule has 0 bridgehead atoms. The minimum absolute atomic E-state index is 0.183. The highest BCUT2D eigenvalue weighted by Gasteiger charge is 2.29. The Morgan fingerprint density at radius 2 is 2.00 bits per heavy atom. The second-order valence-corrected chi connectivity index (χ2v) is 4.71. The molecule has 2 N–H and O–H groups in total. The molecule has 21 heavy (non-hydrogen) atoms. The Bertz CT molecular complexity index is 652. The number of nitro groups is 1. The van der Waals surface area contributed by atoms with E-state index in [1.165, 1.54) is 6.07 Å². The molecule has 0 aliphatic carbocycles. The van der Waals surface area contributed by atoms with Gasteiger partial charge < -0.3 is 14.8 Å². The maximum Gasteiger partial charge on any atom is 0.433 e. The summed E-state index contributed by atoms with van der Waals surface area (Å²) in [5.74, 6) is -1.33. The molecule has 0 saturated carbocycles. The summed E-state index contributed by atoms with van der Waals surface area (Å²) in [6, 6.07) is 11.2. The summed E-state index contributed by atoms with van der Waals surface area (Å²) in [5.41, 5.74) is -0.304. The Balaban J connectivity index is 2.21. The number of aliphatic hydroxyl groups is 1. The van der Waals surface area contributed by atoms with E-state index in [1.54, 1.807) is 31.2 Å². The van der Waals surface area contributed by atoms with Crippen molar-refractivity contribution in [3.8, 4) is 0 Å². The van der Waals surface area contributed by atoms with Gasteiger partial charge in [-0.25, -0.2) is 0 Å². The number of rotatable bonds is 5. The lowest BCUT2D eigenvalue weighted by atomic mass is 9.93. The third kappa shape index (κ3) is 3.09. The molecule has 7 heteroatoms. The van der Waals surface area contributed by atoms with E-state index in [9.17, 15) is 20.0 Å². The van der Waals surface area contributed by atoms with E-state index in [-0.39, 0.29) is 12.4 Å². The third-order valence-electron chi connectivity index (χ3n) is 3.11. The summed E-state index contributed by atoms with van der Waals surface area (Å²) in [7, 11) is 0. The number of nitrogens with one attached hydrogen (secondary N) is 1. The standard InChI is InChI=1S/C14H14N2O5/c1-14(9-17,10-5-3-2-4-6-10)15-13(18)11-7-8-12(21-11)16(19)20/h2-8,17H,9H2,1H3,(H,15,18). The molecular formula is C14H14N2O5. The van der Waals surface area contributed by atoms with Crippen LogP contribution in [0.2, 0.25) is 0 Å². The zero-order valence-corrected chi connectivity index (χ0v) is 11.3. The highest BCUT2D eigenvalue weighted by Crippen LogP contribution is 2.22. The monoisotopic (exact) mass is 290 g/mol. The van der Waals surface area contributed by atoms with Crippen molar-refractivity contribution in [1.82, 2.24) is 5.32 Å². The van der Waals surface area contributed by atoms with Crippen LogP contribution in [-0.4, -0.2) is 22.5 Å². The SMILES string of the molecule is CC(CO)(NC(=O)c1ccc([N+](=O)[O-])o1)c1ccccc1. The Kier molecular flexibility index (Phi) is 4.04. The molecule has 7 nitrogen and oxygen atoms in total. The van der Waals surface area contributed by atoms with E-state index in [2.05, 4.69) is 5.32 Å². The van der Waals surface area contributed by atoms with E-state index >= 15 is 0 Å². The van der Waals surface area contributed by atoms with Crippen molar-refractivity contribution in [2.24, 2.45) is 0 Å². The van der Waals surface area contributed by atoms with Gasteiger partial charge in [0.25, 0.3) is 5.91 Å². The first-order valence-electron chi connectivity index (χ1n) is 6.19. The fourth-order valence-electron chi connectivity index (χ4n) is 1.87. The summed E-state index contributed by atoms with van der Waals surface area (Å²) < 4.78 is 4.84. The van der Waals surface area contributed by atoms with Crippen LogP contribution in [0.1, 0.15) is 23.0 Å². The van der Waals surface area contributed by atoms with Gasteiger partial charge in [0.15, 0.2) is 5.76 Å². The lowest BCUT2D eigenvalue weighted by molar-refractivity contribution is -0.402. The average Bonchev–Trinajstić information content (AvgIpc) is 2.98. The summed E-state index contributed by atoms with van der Waals surface area (Å²) in [6.45, 7) is 1.32. The molecule has 1 amide bonds. The first-order valence-corrected chi connectivity index (χ1v) is 6.19. The Labute approximate surface area is 120 Å². The number of hydrogen-bond donors (Lipinski definition) is 2. The highest BCUT2D eigenvalue weighted by molar-refractivity contribution is 5.92. The second-order valence-electron chi connectivity index (χ2n) is 4.71. The number of amides is 1. The predicted molar refractivity (Wildman–Crippen MR) is 73.7 cm³/mol. The van der Waals surface area contributed by atoms with Crippen molar-refractivity contribution in [1.29, 1.82) is 0 Å². The van der Waals surface area contributed by atoms with Crippen LogP contribution in [0.4, 0.5) is 5.88 Å². The summed E-state index contributed by atoms with van der Waals surface area (Å²) in [5, 5.41) is 22.7. The van der Waals surface area contributed by atoms with Crippen LogP contribution in [0.25, 0.3) is 0 Å². The van der Waals surface area contributed by atoms with Gasteiger partial charge in [0, 0.05) is 0 Å². The summed E-state index contributed by atoms with van der Waals surface area (Å²) in [4.78, 5) is 21.9. The van der Waals surface area contributed by atoms with E-state index in [1.807, 2.05) is 6.07 Å². The second kappa shape index (κ2) is 5.76. The minimum atomic E-state index is -1.01. The Hall–Kier alpha value is -2.67. The fraction of sp³-hybridized carbons (Fsp3) is 0.214. The van der Waals surface area contributed by atoms with Crippen molar-refractivity contribution in [3.05, 3.63) is 63.9 Å². The molecule has 110 valence electrons. The molecule has 0 aliphatic heterocycles. The number of nitrogens with zero attached hydrogens (tertiary/aromatic N) is 1. The molecule has 0 saturated heterocycles. The number of furan rings is 1. The van der Waals surface area contributed by atoms with Crippen LogP contribution in [0.5, 0.6) is 0 Å². The van der Waals surface area contributed by atoms with Crippen LogP contribution >= 0.6 is 0 Å². The Morgan fingerprint density at radius 1 is 1.33 bits per heavy atom. The van der Waals surface area contributed by atoms with Crippen LogP contribution in [0.3, 0.4) is 0 Å². The maximum absolute atomic E-state index is 12.1. The van der Waals surface area contributed by atoms with Crippen molar-refractivity contribution in [2.75, 3.05) is 6.61 Å². The molecule has 0 aliphatic rings. The van der Waals surface area contributed by atoms with Gasteiger partial charge in [0.1, 0.15) is 4.92 Å². The topological polar surface area (TPSA) is 106 Å². The maximum atomic E-state index is 12.1. The van der Waals surface area contributed by atoms with E-state index in [0.717, 1.165) is 6.07 Å². The van der Waals surface area contributed by atoms with Gasteiger partial charge in [0.05, 0.1) is 18.2 Å². The fourth-order valence-corrected chi connectivity index (χ4v) is 1.87. The molecular weight excluding hydrogens is 276 g/mol. The van der Waals surface area contributed by atoms with Crippen LogP contribution in [-0.2, 0) is 5.54 Å². The molecule has 1 unspecified atom stereocenters. The summed E-state index contributed by atoms with van der Waals surface area (Å²) in [6.07, 6.45) is 0. The number of carbonyl (C=O) groups is 1. The largest absolute Gasteiger partial charge is 0.433 e. The normalized spacial score (nSPS) is 13.4. The molecule has 0 radical (unpaired) electrons. The minimum Gasteiger partial charge on any atom is -0.395 e. The predicted octanol–water partition coefficient (Wildman–Crippen LogP) is 1.83. The third-order valence-corrected chi connectivity index (χ3v) is 3.11. The van der Waals surface area contributed by atoms with Gasteiger partial charge in [-0.05, 0) is 18.6 Å². The zero-order chi connectivity index (χ0) is 15.5. The Morgan fingerprint density at radius 3 is 2.52 bits per heavy atom. The zero-order valence-electron chi connectivity index (χ0n) is 11.3. The number of benzene rings is 1. The van der Waals surface area contributed by atoms with Crippen molar-refractivity contribution in [3.63, 3.8) is 0 Å². The first kappa shape index (κ1) is 14.7. The number of aliphatic hydroxyl groups excluding tert-OH is 1. The molecule has 1 atom stereocenters. The molecule has 2 rings (SSSR count). The van der Waals surface area contributed by atoms with Gasteiger partial charge >= 0.3 is 5.88 Å². The van der Waals surface area contributed by atoms with Crippen molar-refractivity contribution in [2.45, 2.75) is 12.5 Å². The van der Waals surface area contributed by atoms with E-state index in [4.69, 9.17) is 4.42 Å². The van der Waals surface area contributed by atoms with Crippen molar-refractivity contribution < 1.29 is 19.2 Å². The van der Waals surface area contributed by atoms with Gasteiger partial charge in [0.2, 0.25) is 0 Å². The molecule has 2 aromatic rings. The first-order chi connectivity index (χ1) is 9.96. The quantitative estimate of drug-likeness (QED) is 0.645. The van der Waals surface area contributed by atoms with Crippen LogP contribution in [0, 0.1) is 10.1 Å². The van der Waals surface area contributed by atoms with Gasteiger partial charge in [-0.3, -0.25) is 14.9 Å². The van der Waals surface area contributed by atoms with Gasteiger partial charge in [-0.1, -0.05) is 30.3 Å². The van der Waals surface area contributed by atoms with Gasteiger partial charge in [-0.2, -0.15) is 0 Å². The molecule has 0 fully saturated rings. The van der Waals surface area contributed by atoms with Crippen LogP contribution in [0.15, 0.2) is 46.9 Å². The average molecular weight is 290 g/mol. The molecule has 0 spiro atoms. The summed E-state index contributed by atoms with van der Waals surface area (Å²) >= 11 is 0. The highest BCUT2D eigenvalue weighted by atomic mass is 16.6. The lowest BCUT2D eigenvalue weighted by Gasteiger charge is -2.28. The van der Waals surface area contributed by atoms with Crippen molar-refractivity contribution >= 4 is 11.8 Å². The smallest absolute Gasteiger partial charge is 0.395 e. The number of carbonyl (C=O) groups excluding carboxylic acids is 1. The molecule has 1 aromatic heterocycles. The molecule has 1 aromatic carbocycles. The van der Waals surface area contributed by atoms with Gasteiger partial charge in [-0.15, -0.1) is 0 Å². The van der Waals surface area contributed by atoms with E-state index < -0.39 is 22.3 Å². The molecule has 1 heterocycles. The van der Waals surface area contributed by atoms with E-state index in [0.29, 0.717) is 5.56 Å². The lowest BCUT2D eigenvalue weighted by Crippen LogP contribution is -2.46.